The molecule has 0 aromatic carbocycles. The first-order valence-electron chi connectivity index (χ1n) is 6.38. The van der Waals surface area contributed by atoms with Gasteiger partial charge in [-0.1, -0.05) is 6.07 Å². The van der Waals surface area contributed by atoms with Gasteiger partial charge in [0.05, 0.1) is 25.3 Å². The number of ether oxygens (including phenoxy) is 1. The number of rotatable bonds is 4. The van der Waals surface area contributed by atoms with E-state index in [2.05, 4.69) is 5.32 Å². The summed E-state index contributed by atoms with van der Waals surface area (Å²) in [6.07, 6.45) is 0. The van der Waals surface area contributed by atoms with Crippen LogP contribution in [0.2, 0.25) is 0 Å². The SMILES string of the molecule is CC(c1cccs1)N(C)C(=O)NC1COCC1C(=O)O. The third kappa shape index (κ3) is 3.10. The molecule has 2 rings (SSSR count). The summed E-state index contributed by atoms with van der Waals surface area (Å²) in [6.45, 7) is 2.32. The lowest BCUT2D eigenvalue weighted by Crippen LogP contribution is -2.48. The maximum absolute atomic E-state index is 12.2. The molecule has 110 valence electrons. The average molecular weight is 298 g/mol. The Bertz CT molecular complexity index is 477. The number of aliphatic carboxylic acids is 1. The van der Waals surface area contributed by atoms with Crippen LogP contribution in [0.15, 0.2) is 17.5 Å². The highest BCUT2D eigenvalue weighted by Crippen LogP contribution is 2.23. The highest BCUT2D eigenvalue weighted by Gasteiger charge is 2.36. The number of hydrogen-bond donors (Lipinski definition) is 2. The lowest BCUT2D eigenvalue weighted by molar-refractivity contribution is -0.142. The minimum atomic E-state index is -0.943. The van der Waals surface area contributed by atoms with Gasteiger partial charge in [0.15, 0.2) is 0 Å². The summed E-state index contributed by atoms with van der Waals surface area (Å²) in [5.74, 6) is -1.62. The van der Waals surface area contributed by atoms with E-state index in [0.29, 0.717) is 0 Å². The first-order valence-corrected chi connectivity index (χ1v) is 7.26. The van der Waals surface area contributed by atoms with E-state index in [4.69, 9.17) is 9.84 Å². The zero-order valence-corrected chi connectivity index (χ0v) is 12.2. The van der Waals surface area contributed by atoms with Gasteiger partial charge in [-0.2, -0.15) is 0 Å². The van der Waals surface area contributed by atoms with Gasteiger partial charge < -0.3 is 20.1 Å². The van der Waals surface area contributed by atoms with Crippen LogP contribution >= 0.6 is 11.3 Å². The van der Waals surface area contributed by atoms with Crippen LogP contribution in [0.25, 0.3) is 0 Å². The molecule has 0 spiro atoms. The highest BCUT2D eigenvalue weighted by molar-refractivity contribution is 7.10. The molecule has 0 saturated carbocycles. The molecule has 3 atom stereocenters. The molecule has 1 aromatic heterocycles. The highest BCUT2D eigenvalue weighted by atomic mass is 32.1. The van der Waals surface area contributed by atoms with Gasteiger partial charge in [-0.05, 0) is 18.4 Å². The van der Waals surface area contributed by atoms with Crippen LogP contribution in [0.1, 0.15) is 17.8 Å². The van der Waals surface area contributed by atoms with E-state index in [-0.39, 0.29) is 25.3 Å². The van der Waals surface area contributed by atoms with E-state index >= 15 is 0 Å². The summed E-state index contributed by atoms with van der Waals surface area (Å²) < 4.78 is 5.13. The van der Waals surface area contributed by atoms with E-state index in [9.17, 15) is 9.59 Å². The molecule has 2 N–H and O–H groups in total. The van der Waals surface area contributed by atoms with Crippen molar-refractivity contribution in [1.29, 1.82) is 0 Å². The Kier molecular flexibility index (Phi) is 4.61. The lowest BCUT2D eigenvalue weighted by atomic mass is 10.0. The first-order chi connectivity index (χ1) is 9.50. The molecule has 3 unspecified atom stereocenters. The van der Waals surface area contributed by atoms with Crippen molar-refractivity contribution in [2.45, 2.75) is 19.0 Å². The largest absolute Gasteiger partial charge is 0.481 e. The molecule has 2 amide bonds. The second kappa shape index (κ2) is 6.23. The maximum atomic E-state index is 12.2. The summed E-state index contributed by atoms with van der Waals surface area (Å²) in [6, 6.07) is 3.09. The number of carbonyl (C=O) groups is 2. The molecule has 1 saturated heterocycles. The second-order valence-electron chi connectivity index (χ2n) is 4.84. The Morgan fingerprint density at radius 3 is 2.90 bits per heavy atom. The Hall–Kier alpha value is -1.60. The number of carbonyl (C=O) groups excluding carboxylic acids is 1. The number of nitrogens with zero attached hydrogens (tertiary/aromatic N) is 1. The van der Waals surface area contributed by atoms with Crippen molar-refractivity contribution in [1.82, 2.24) is 10.2 Å². The fourth-order valence-corrected chi connectivity index (χ4v) is 2.92. The maximum Gasteiger partial charge on any atom is 0.317 e. The fourth-order valence-electron chi connectivity index (χ4n) is 2.10. The molecule has 20 heavy (non-hydrogen) atoms. The lowest BCUT2D eigenvalue weighted by Gasteiger charge is -2.26. The Balaban J connectivity index is 1.96. The summed E-state index contributed by atoms with van der Waals surface area (Å²) >= 11 is 1.58. The zero-order chi connectivity index (χ0) is 14.7. The van der Waals surface area contributed by atoms with Crippen molar-refractivity contribution in [3.8, 4) is 0 Å². The van der Waals surface area contributed by atoms with Gasteiger partial charge >= 0.3 is 12.0 Å². The molecular formula is C13H18N2O4S. The molecule has 1 aliphatic heterocycles. The quantitative estimate of drug-likeness (QED) is 0.884. The number of carboxylic acids is 1. The number of nitrogens with one attached hydrogen (secondary N) is 1. The van der Waals surface area contributed by atoms with Crippen molar-refractivity contribution in [3.05, 3.63) is 22.4 Å². The van der Waals surface area contributed by atoms with Gasteiger partial charge in [-0.15, -0.1) is 11.3 Å². The van der Waals surface area contributed by atoms with Crippen molar-refractivity contribution in [2.24, 2.45) is 5.92 Å². The Morgan fingerprint density at radius 2 is 2.30 bits per heavy atom. The predicted octanol–water partition coefficient (Wildman–Crippen LogP) is 1.55. The Morgan fingerprint density at radius 1 is 1.55 bits per heavy atom. The molecule has 0 bridgehead atoms. The van der Waals surface area contributed by atoms with E-state index < -0.39 is 17.9 Å². The van der Waals surface area contributed by atoms with Gasteiger partial charge in [-0.25, -0.2) is 4.79 Å². The summed E-state index contributed by atoms with van der Waals surface area (Å²) in [4.78, 5) is 25.9. The molecule has 6 nitrogen and oxygen atoms in total. The summed E-state index contributed by atoms with van der Waals surface area (Å²) in [5.41, 5.74) is 0. The second-order valence-corrected chi connectivity index (χ2v) is 5.82. The van der Waals surface area contributed by atoms with Crippen molar-refractivity contribution in [3.63, 3.8) is 0 Å². The standard InChI is InChI=1S/C13H18N2O4S/c1-8(11-4-3-5-20-11)15(2)13(18)14-10-7-19-6-9(10)12(16)17/h3-5,8-10H,6-7H2,1-2H3,(H,14,18)(H,16,17). The molecule has 1 aromatic rings. The number of carboxylic acid groups (broad SMARTS) is 1. The van der Waals surface area contributed by atoms with Crippen LogP contribution in [0.3, 0.4) is 0 Å². The van der Waals surface area contributed by atoms with Crippen molar-refractivity contribution in [2.75, 3.05) is 20.3 Å². The Labute approximate surface area is 121 Å². The van der Waals surface area contributed by atoms with Gasteiger partial charge in [0, 0.05) is 11.9 Å². The fraction of sp³-hybridized carbons (Fsp3) is 0.538. The predicted molar refractivity (Wildman–Crippen MR) is 74.8 cm³/mol. The third-order valence-electron chi connectivity index (χ3n) is 3.56. The average Bonchev–Trinajstić information content (AvgIpc) is 3.07. The third-order valence-corrected chi connectivity index (χ3v) is 4.61. The monoisotopic (exact) mass is 298 g/mol. The normalized spacial score (nSPS) is 23.3. The minimum Gasteiger partial charge on any atom is -0.481 e. The number of thiophene rings is 1. The molecule has 7 heteroatoms. The van der Waals surface area contributed by atoms with E-state index in [1.165, 1.54) is 0 Å². The van der Waals surface area contributed by atoms with E-state index in [1.54, 1.807) is 23.3 Å². The van der Waals surface area contributed by atoms with Crippen molar-refractivity contribution < 1.29 is 19.4 Å². The molecule has 1 fully saturated rings. The van der Waals surface area contributed by atoms with Crippen molar-refractivity contribution >= 4 is 23.3 Å². The van der Waals surface area contributed by atoms with E-state index in [1.807, 2.05) is 24.4 Å². The van der Waals surface area contributed by atoms with Gasteiger partial charge in [0.25, 0.3) is 0 Å². The smallest absolute Gasteiger partial charge is 0.317 e. The van der Waals surface area contributed by atoms with Gasteiger partial charge in [0.1, 0.15) is 5.92 Å². The van der Waals surface area contributed by atoms with Crippen LogP contribution < -0.4 is 5.32 Å². The molecule has 2 heterocycles. The summed E-state index contributed by atoms with van der Waals surface area (Å²) in [5, 5.41) is 13.8. The zero-order valence-electron chi connectivity index (χ0n) is 11.4. The van der Waals surface area contributed by atoms with Gasteiger partial charge in [0.2, 0.25) is 0 Å². The van der Waals surface area contributed by atoms with Crippen LogP contribution in [-0.2, 0) is 9.53 Å². The minimum absolute atomic E-state index is 0.0550. The molecule has 0 radical (unpaired) electrons. The number of amides is 2. The number of urea groups is 1. The topological polar surface area (TPSA) is 78.9 Å². The van der Waals surface area contributed by atoms with Crippen LogP contribution in [0.5, 0.6) is 0 Å². The molecular weight excluding hydrogens is 280 g/mol. The van der Waals surface area contributed by atoms with E-state index in [0.717, 1.165) is 4.88 Å². The first kappa shape index (κ1) is 14.8. The van der Waals surface area contributed by atoms with Crippen LogP contribution in [0, 0.1) is 5.92 Å². The van der Waals surface area contributed by atoms with Gasteiger partial charge in [-0.3, -0.25) is 4.79 Å². The van der Waals surface area contributed by atoms with Crippen LogP contribution in [-0.4, -0.2) is 48.3 Å². The summed E-state index contributed by atoms with van der Waals surface area (Å²) in [7, 11) is 1.70. The molecule has 1 aliphatic rings. The molecule has 0 aliphatic carbocycles. The van der Waals surface area contributed by atoms with Crippen LogP contribution in [0.4, 0.5) is 4.79 Å². The number of hydrogen-bond acceptors (Lipinski definition) is 4.